The number of aromatic nitrogens is 1. The van der Waals surface area contributed by atoms with Gasteiger partial charge in [0.05, 0.1) is 5.69 Å². The number of anilines is 1. The van der Waals surface area contributed by atoms with E-state index in [4.69, 9.17) is 4.98 Å². The predicted octanol–water partition coefficient (Wildman–Crippen LogP) is 4.97. The highest BCUT2D eigenvalue weighted by Crippen LogP contribution is 2.46. The number of fused-ring (bicyclic) bond motifs is 1. The molecule has 4 nitrogen and oxygen atoms in total. The first-order valence-corrected chi connectivity index (χ1v) is 12.7. The summed E-state index contributed by atoms with van der Waals surface area (Å²) in [6.45, 7) is 16.4. The van der Waals surface area contributed by atoms with Crippen LogP contribution in [0.3, 0.4) is 0 Å². The van der Waals surface area contributed by atoms with Crippen molar-refractivity contribution in [3.05, 3.63) is 47.5 Å². The largest absolute Gasteiger partial charge is 0.354 e. The maximum atomic E-state index is 5.13. The summed E-state index contributed by atoms with van der Waals surface area (Å²) in [5.74, 6) is 1.13. The molecular formula is C28H40N4. The van der Waals surface area contributed by atoms with Gasteiger partial charge in [-0.25, -0.2) is 4.98 Å². The minimum absolute atomic E-state index is 0.226. The molecule has 4 heteroatoms. The molecule has 1 N–H and O–H groups in total. The average molecular weight is 433 g/mol. The van der Waals surface area contributed by atoms with Crippen molar-refractivity contribution in [2.45, 2.75) is 70.3 Å². The van der Waals surface area contributed by atoms with Crippen molar-refractivity contribution in [2.24, 2.45) is 0 Å². The van der Waals surface area contributed by atoms with Gasteiger partial charge in [-0.3, -0.25) is 4.90 Å². The maximum absolute atomic E-state index is 5.13. The van der Waals surface area contributed by atoms with E-state index in [1.54, 1.807) is 0 Å². The molecule has 0 radical (unpaired) electrons. The molecule has 0 saturated carbocycles. The average Bonchev–Trinajstić information content (AvgIpc) is 2.83. The van der Waals surface area contributed by atoms with Crippen molar-refractivity contribution < 1.29 is 0 Å². The van der Waals surface area contributed by atoms with Crippen LogP contribution in [0, 0.1) is 0 Å². The van der Waals surface area contributed by atoms with Gasteiger partial charge < -0.3 is 10.2 Å². The van der Waals surface area contributed by atoms with Gasteiger partial charge in [0.25, 0.3) is 0 Å². The molecule has 32 heavy (non-hydrogen) atoms. The summed E-state index contributed by atoms with van der Waals surface area (Å²) in [6, 6.07) is 14.4. The molecule has 5 rings (SSSR count). The summed E-state index contributed by atoms with van der Waals surface area (Å²) >= 11 is 0. The van der Waals surface area contributed by atoms with E-state index in [0.29, 0.717) is 0 Å². The summed E-state index contributed by atoms with van der Waals surface area (Å²) < 4.78 is 0. The van der Waals surface area contributed by atoms with E-state index in [9.17, 15) is 0 Å². The van der Waals surface area contributed by atoms with Crippen LogP contribution < -0.4 is 10.2 Å². The SMILES string of the molecule is CC1(C)CCC(C)(C)c2cc(-c3cccc(N4CCN(C5CCNCC5)CC4)n3)ccc21. The van der Waals surface area contributed by atoms with E-state index in [1.807, 2.05) is 0 Å². The molecule has 0 atom stereocenters. The normalized spacial score (nSPS) is 23.7. The lowest BCUT2D eigenvalue weighted by atomic mass is 9.63. The van der Waals surface area contributed by atoms with Crippen molar-refractivity contribution in [2.75, 3.05) is 44.2 Å². The number of piperazine rings is 1. The van der Waals surface area contributed by atoms with Crippen LogP contribution in [0.2, 0.25) is 0 Å². The Kier molecular flexibility index (Phi) is 5.79. The lowest BCUT2D eigenvalue weighted by Gasteiger charge is -2.42. The van der Waals surface area contributed by atoms with Crippen molar-refractivity contribution in [1.29, 1.82) is 0 Å². The standard InChI is InChI=1S/C28H40N4/c1-27(2)12-13-28(3,4)24-20-21(8-9-23(24)27)25-6-5-7-26(30-25)32-18-16-31(17-19-32)22-10-14-29-15-11-22/h5-9,20,22,29H,10-19H2,1-4H3. The molecule has 1 aromatic carbocycles. The number of nitrogens with zero attached hydrogens (tertiary/aromatic N) is 3. The Bertz CT molecular complexity index is 950. The third-order valence-corrected chi connectivity index (χ3v) is 8.35. The van der Waals surface area contributed by atoms with E-state index in [2.05, 4.69) is 79.2 Å². The third kappa shape index (κ3) is 4.20. The van der Waals surface area contributed by atoms with Crippen molar-refractivity contribution in [3.8, 4) is 11.3 Å². The second kappa shape index (κ2) is 8.46. The minimum atomic E-state index is 0.226. The number of hydrogen-bond donors (Lipinski definition) is 1. The number of rotatable bonds is 3. The minimum Gasteiger partial charge on any atom is -0.354 e. The maximum Gasteiger partial charge on any atom is 0.129 e. The second-order valence-electron chi connectivity index (χ2n) is 11.4. The summed E-state index contributed by atoms with van der Waals surface area (Å²) in [7, 11) is 0. The third-order valence-electron chi connectivity index (χ3n) is 8.35. The predicted molar refractivity (Wildman–Crippen MR) is 135 cm³/mol. The second-order valence-corrected chi connectivity index (χ2v) is 11.4. The van der Waals surface area contributed by atoms with Crippen molar-refractivity contribution in [1.82, 2.24) is 15.2 Å². The fourth-order valence-electron chi connectivity index (χ4n) is 6.00. The van der Waals surface area contributed by atoms with Gasteiger partial charge in [-0.15, -0.1) is 0 Å². The zero-order valence-corrected chi connectivity index (χ0v) is 20.5. The smallest absolute Gasteiger partial charge is 0.129 e. The van der Waals surface area contributed by atoms with Crippen LogP contribution in [0.1, 0.15) is 64.5 Å². The molecule has 0 unspecified atom stereocenters. The van der Waals surface area contributed by atoms with Gasteiger partial charge >= 0.3 is 0 Å². The molecule has 0 amide bonds. The van der Waals surface area contributed by atoms with E-state index in [-0.39, 0.29) is 10.8 Å². The highest BCUT2D eigenvalue weighted by atomic mass is 15.3. The monoisotopic (exact) mass is 432 g/mol. The molecule has 3 heterocycles. The Morgan fingerprint density at radius 1 is 0.844 bits per heavy atom. The summed E-state index contributed by atoms with van der Waals surface area (Å²) in [4.78, 5) is 10.3. The van der Waals surface area contributed by atoms with Gasteiger partial charge in [-0.1, -0.05) is 45.9 Å². The number of piperidine rings is 1. The van der Waals surface area contributed by atoms with Gasteiger partial charge in [0.15, 0.2) is 0 Å². The number of benzene rings is 1. The van der Waals surface area contributed by atoms with Crippen molar-refractivity contribution >= 4 is 5.82 Å². The zero-order chi connectivity index (χ0) is 22.3. The molecule has 1 aliphatic carbocycles. The van der Waals surface area contributed by atoms with Crippen LogP contribution in [0.5, 0.6) is 0 Å². The molecule has 172 valence electrons. The number of hydrogen-bond acceptors (Lipinski definition) is 4. The van der Waals surface area contributed by atoms with Gasteiger partial charge in [0, 0.05) is 37.8 Å². The van der Waals surface area contributed by atoms with Gasteiger partial charge in [0.1, 0.15) is 5.82 Å². The Balaban J connectivity index is 1.35. The van der Waals surface area contributed by atoms with Gasteiger partial charge in [0.2, 0.25) is 0 Å². The van der Waals surface area contributed by atoms with Gasteiger partial charge in [-0.05, 0) is 78.9 Å². The lowest BCUT2D eigenvalue weighted by molar-refractivity contribution is 0.153. The summed E-state index contributed by atoms with van der Waals surface area (Å²) in [5, 5.41) is 3.49. The first-order valence-electron chi connectivity index (χ1n) is 12.7. The summed E-state index contributed by atoms with van der Waals surface area (Å²) in [6.07, 6.45) is 5.08. The van der Waals surface area contributed by atoms with Crippen molar-refractivity contribution in [3.63, 3.8) is 0 Å². The Morgan fingerprint density at radius 3 is 2.25 bits per heavy atom. The van der Waals surface area contributed by atoms with Crippen LogP contribution in [0.4, 0.5) is 5.82 Å². The van der Waals surface area contributed by atoms with E-state index in [1.165, 1.54) is 55.5 Å². The molecular weight excluding hydrogens is 392 g/mol. The van der Waals surface area contributed by atoms with E-state index in [0.717, 1.165) is 43.7 Å². The van der Waals surface area contributed by atoms with Crippen LogP contribution in [-0.4, -0.2) is 55.2 Å². The van der Waals surface area contributed by atoms with Crippen LogP contribution in [0.25, 0.3) is 11.3 Å². The molecule has 2 aliphatic heterocycles. The topological polar surface area (TPSA) is 31.4 Å². The Labute approximate surface area is 194 Å². The first kappa shape index (κ1) is 21.9. The Morgan fingerprint density at radius 2 is 1.53 bits per heavy atom. The molecule has 3 aliphatic rings. The number of pyridine rings is 1. The highest BCUT2D eigenvalue weighted by molar-refractivity contribution is 5.65. The fraction of sp³-hybridized carbons (Fsp3) is 0.607. The number of nitrogens with one attached hydrogen (secondary N) is 1. The molecule has 2 aromatic rings. The molecule has 0 spiro atoms. The molecule has 1 aromatic heterocycles. The summed E-state index contributed by atoms with van der Waals surface area (Å²) in [5.41, 5.74) is 5.86. The quantitative estimate of drug-likeness (QED) is 0.742. The lowest BCUT2D eigenvalue weighted by Crippen LogP contribution is -2.53. The van der Waals surface area contributed by atoms with Crippen LogP contribution in [0.15, 0.2) is 36.4 Å². The van der Waals surface area contributed by atoms with Gasteiger partial charge in [-0.2, -0.15) is 0 Å². The van der Waals surface area contributed by atoms with E-state index < -0.39 is 0 Å². The zero-order valence-electron chi connectivity index (χ0n) is 20.5. The molecule has 2 fully saturated rings. The van der Waals surface area contributed by atoms with E-state index >= 15 is 0 Å². The van der Waals surface area contributed by atoms with Crippen LogP contribution in [-0.2, 0) is 10.8 Å². The fourth-order valence-corrected chi connectivity index (χ4v) is 6.00. The molecule has 2 saturated heterocycles. The first-order chi connectivity index (χ1) is 15.3. The molecule has 0 bridgehead atoms. The highest BCUT2D eigenvalue weighted by Gasteiger charge is 2.37. The van der Waals surface area contributed by atoms with Crippen LogP contribution >= 0.6 is 0 Å². The Hall–Kier alpha value is -1.91.